The number of halogens is 1. The maximum absolute atomic E-state index is 12.5. The van der Waals surface area contributed by atoms with Crippen molar-refractivity contribution in [1.29, 1.82) is 5.26 Å². The summed E-state index contributed by atoms with van der Waals surface area (Å²) in [6.45, 7) is 0. The molecule has 0 amide bonds. The largest absolute Gasteiger partial charge is 0.393 e. The third-order valence-corrected chi connectivity index (χ3v) is 5.26. The lowest BCUT2D eigenvalue weighted by Crippen LogP contribution is -2.29. The molecule has 1 fully saturated rings. The Morgan fingerprint density at radius 2 is 2.07 bits per heavy atom. The van der Waals surface area contributed by atoms with Crippen LogP contribution in [0.2, 0.25) is 5.02 Å². The van der Waals surface area contributed by atoms with Gasteiger partial charge >= 0.3 is 0 Å². The van der Waals surface area contributed by atoms with Gasteiger partial charge in [-0.3, -0.25) is 9.48 Å². The molecule has 2 heterocycles. The van der Waals surface area contributed by atoms with Crippen molar-refractivity contribution in [3.63, 3.8) is 0 Å². The highest BCUT2D eigenvalue weighted by Crippen LogP contribution is 2.36. The number of nitriles is 1. The van der Waals surface area contributed by atoms with Crippen LogP contribution in [0.3, 0.4) is 0 Å². The third-order valence-electron chi connectivity index (χ3n) is 5.00. The second-order valence-corrected chi connectivity index (χ2v) is 7.20. The van der Waals surface area contributed by atoms with E-state index in [9.17, 15) is 15.2 Å². The van der Waals surface area contributed by atoms with Gasteiger partial charge in [0.2, 0.25) is 0 Å². The Morgan fingerprint density at radius 3 is 2.81 bits per heavy atom. The Labute approximate surface area is 160 Å². The van der Waals surface area contributed by atoms with Crippen LogP contribution in [0, 0.1) is 17.2 Å². The van der Waals surface area contributed by atoms with Crippen molar-refractivity contribution >= 4 is 34.0 Å². The van der Waals surface area contributed by atoms with Crippen LogP contribution in [0.25, 0.3) is 10.9 Å². The number of aromatic amines is 1. The lowest BCUT2D eigenvalue weighted by atomic mass is 9.84. The van der Waals surface area contributed by atoms with E-state index in [1.807, 2.05) is 0 Å². The molecule has 3 N–H and O–H groups in total. The summed E-state index contributed by atoms with van der Waals surface area (Å²) in [5, 5.41) is 28.3. The highest BCUT2D eigenvalue weighted by Gasteiger charge is 2.33. The Bertz CT molecular complexity index is 1070. The number of anilines is 2. The van der Waals surface area contributed by atoms with E-state index >= 15 is 0 Å². The molecule has 1 saturated carbocycles. The molecule has 8 heteroatoms. The number of hydrogen-bond donors (Lipinski definition) is 3. The third kappa shape index (κ3) is 3.29. The Hall–Kier alpha value is -2.82. The second-order valence-electron chi connectivity index (χ2n) is 6.76. The molecular weight excluding hydrogens is 366 g/mol. The fourth-order valence-corrected chi connectivity index (χ4v) is 3.80. The first-order chi connectivity index (χ1) is 13.1. The summed E-state index contributed by atoms with van der Waals surface area (Å²) >= 11 is 5.93. The molecule has 0 aliphatic heterocycles. The minimum atomic E-state index is -0.470. The molecule has 1 aliphatic rings. The average molecular weight is 384 g/mol. The monoisotopic (exact) mass is 383 g/mol. The van der Waals surface area contributed by atoms with Crippen molar-refractivity contribution in [3.05, 3.63) is 51.9 Å². The number of rotatable bonds is 3. The van der Waals surface area contributed by atoms with Crippen LogP contribution in [0.1, 0.15) is 25.3 Å². The summed E-state index contributed by atoms with van der Waals surface area (Å²) in [6, 6.07) is 11.0. The van der Waals surface area contributed by atoms with Crippen molar-refractivity contribution in [2.45, 2.75) is 31.4 Å². The van der Waals surface area contributed by atoms with Gasteiger partial charge < -0.3 is 15.4 Å². The van der Waals surface area contributed by atoms with E-state index < -0.39 is 6.10 Å². The number of pyridine rings is 1. The number of aliphatic hydroxyl groups is 1. The van der Waals surface area contributed by atoms with Crippen LogP contribution in [-0.2, 0) is 0 Å². The fourth-order valence-electron chi connectivity index (χ4n) is 3.67. The molecule has 2 aromatic heterocycles. The molecule has 1 aliphatic carbocycles. The number of fused-ring (bicyclic) bond motifs is 1. The molecule has 7 nitrogen and oxygen atoms in total. The Kier molecular flexibility index (Phi) is 4.60. The van der Waals surface area contributed by atoms with E-state index in [0.717, 1.165) is 5.69 Å². The zero-order valence-electron chi connectivity index (χ0n) is 14.4. The highest BCUT2D eigenvalue weighted by atomic mass is 35.5. The van der Waals surface area contributed by atoms with Crippen LogP contribution in [-0.4, -0.2) is 26.0 Å². The molecule has 0 unspecified atom stereocenters. The van der Waals surface area contributed by atoms with E-state index in [1.54, 1.807) is 41.2 Å². The second kappa shape index (κ2) is 7.06. The van der Waals surface area contributed by atoms with E-state index in [2.05, 4.69) is 21.5 Å². The summed E-state index contributed by atoms with van der Waals surface area (Å²) in [6.07, 6.45) is 2.75. The van der Waals surface area contributed by atoms with Gasteiger partial charge in [-0.2, -0.15) is 10.4 Å². The number of nitrogens with one attached hydrogen (secondary N) is 2. The molecule has 0 bridgehead atoms. The fraction of sp³-hybridized carbons (Fsp3) is 0.316. The van der Waals surface area contributed by atoms with E-state index in [4.69, 9.17) is 11.6 Å². The van der Waals surface area contributed by atoms with Crippen molar-refractivity contribution < 1.29 is 5.11 Å². The van der Waals surface area contributed by atoms with Gasteiger partial charge in [0.25, 0.3) is 5.56 Å². The SMILES string of the molecule is N#C[C@H]1C[C@H](O)CC[C@@H]1n1nc(Nc2ccc(Cl)cc2)c2c(=O)[nH]ccc21. The highest BCUT2D eigenvalue weighted by molar-refractivity contribution is 6.30. The molecule has 3 aromatic rings. The number of aromatic nitrogens is 3. The zero-order valence-corrected chi connectivity index (χ0v) is 15.1. The van der Waals surface area contributed by atoms with Gasteiger partial charge in [-0.05, 0) is 49.6 Å². The summed E-state index contributed by atoms with van der Waals surface area (Å²) in [5.74, 6) is 0.0662. The number of H-pyrrole nitrogens is 1. The lowest BCUT2D eigenvalue weighted by Gasteiger charge is -2.30. The minimum Gasteiger partial charge on any atom is -0.393 e. The summed E-state index contributed by atoms with van der Waals surface area (Å²) in [7, 11) is 0. The van der Waals surface area contributed by atoms with E-state index in [-0.39, 0.29) is 17.5 Å². The number of aliphatic hydroxyl groups excluding tert-OH is 1. The van der Waals surface area contributed by atoms with Crippen molar-refractivity contribution in [2.75, 3.05) is 5.32 Å². The molecule has 4 rings (SSSR count). The van der Waals surface area contributed by atoms with Gasteiger partial charge in [-0.1, -0.05) is 11.6 Å². The minimum absolute atomic E-state index is 0.191. The first-order valence-corrected chi connectivity index (χ1v) is 9.15. The average Bonchev–Trinajstić information content (AvgIpc) is 3.03. The van der Waals surface area contributed by atoms with Crippen LogP contribution >= 0.6 is 11.6 Å². The number of benzene rings is 1. The molecule has 3 atom stereocenters. The van der Waals surface area contributed by atoms with Gasteiger partial charge in [0.05, 0.1) is 29.6 Å². The molecular formula is C19H18ClN5O2. The summed E-state index contributed by atoms with van der Waals surface area (Å²) < 4.78 is 1.75. The van der Waals surface area contributed by atoms with Crippen molar-refractivity contribution in [1.82, 2.24) is 14.8 Å². The van der Waals surface area contributed by atoms with E-state index in [0.29, 0.717) is 41.0 Å². The number of hydrogen-bond acceptors (Lipinski definition) is 5. The van der Waals surface area contributed by atoms with Gasteiger partial charge in [0.15, 0.2) is 5.82 Å². The van der Waals surface area contributed by atoms with Gasteiger partial charge in [0.1, 0.15) is 5.39 Å². The molecule has 1 aromatic carbocycles. The smallest absolute Gasteiger partial charge is 0.261 e. The van der Waals surface area contributed by atoms with Crippen LogP contribution in [0.4, 0.5) is 11.5 Å². The number of nitrogens with zero attached hydrogens (tertiary/aromatic N) is 3. The molecule has 27 heavy (non-hydrogen) atoms. The standard InChI is InChI=1S/C19H18ClN5O2/c20-12-1-3-13(4-2-12)23-18-17-16(7-8-22-19(17)27)25(24-18)15-6-5-14(26)9-11(15)10-21/h1-4,7-8,11,14-15,26H,5-6,9H2,(H,22,27)(H,23,24)/t11-,14-,15+/m1/s1. The summed E-state index contributed by atoms with van der Waals surface area (Å²) in [5.41, 5.74) is 1.17. The molecule has 0 spiro atoms. The predicted molar refractivity (Wildman–Crippen MR) is 103 cm³/mol. The van der Waals surface area contributed by atoms with E-state index in [1.165, 1.54) is 0 Å². The van der Waals surface area contributed by atoms with Crippen LogP contribution in [0.5, 0.6) is 0 Å². The predicted octanol–water partition coefficient (Wildman–Crippen LogP) is 3.35. The first kappa shape index (κ1) is 17.6. The van der Waals surface area contributed by atoms with Gasteiger partial charge in [-0.25, -0.2) is 0 Å². The normalized spacial score (nSPS) is 22.5. The molecule has 0 saturated heterocycles. The first-order valence-electron chi connectivity index (χ1n) is 8.77. The van der Waals surface area contributed by atoms with Gasteiger partial charge in [0, 0.05) is 16.9 Å². The van der Waals surface area contributed by atoms with Crippen LogP contribution in [0.15, 0.2) is 41.3 Å². The quantitative estimate of drug-likeness (QED) is 0.643. The maximum atomic E-state index is 12.5. The molecule has 138 valence electrons. The van der Waals surface area contributed by atoms with Crippen LogP contribution < -0.4 is 10.9 Å². The Balaban J connectivity index is 1.80. The summed E-state index contributed by atoms with van der Waals surface area (Å²) in [4.78, 5) is 15.2. The maximum Gasteiger partial charge on any atom is 0.261 e. The Morgan fingerprint density at radius 1 is 1.30 bits per heavy atom. The molecule has 0 radical (unpaired) electrons. The van der Waals surface area contributed by atoms with Gasteiger partial charge in [-0.15, -0.1) is 0 Å². The topological polar surface area (TPSA) is 107 Å². The zero-order chi connectivity index (χ0) is 19.0. The van der Waals surface area contributed by atoms with Crippen molar-refractivity contribution in [3.8, 4) is 6.07 Å². The van der Waals surface area contributed by atoms with Crippen molar-refractivity contribution in [2.24, 2.45) is 5.92 Å². The lowest BCUT2D eigenvalue weighted by molar-refractivity contribution is 0.0876.